The first-order chi connectivity index (χ1) is 15.4. The van der Waals surface area contributed by atoms with Crippen LogP contribution in [0.1, 0.15) is 52.2 Å². The number of hydrogen-bond donors (Lipinski definition) is 3. The summed E-state index contributed by atoms with van der Waals surface area (Å²) in [5.41, 5.74) is 0.678. The number of anilines is 1. The summed E-state index contributed by atoms with van der Waals surface area (Å²) in [7, 11) is 0. The first-order valence-electron chi connectivity index (χ1n) is 11.3. The minimum absolute atomic E-state index is 0.0195. The molecule has 0 spiro atoms. The molecular formula is C24H34ClN5O3. The number of rotatable bonds is 6. The molecule has 1 aliphatic carbocycles. The van der Waals surface area contributed by atoms with Crippen molar-refractivity contribution < 1.29 is 9.90 Å². The highest BCUT2D eigenvalue weighted by molar-refractivity contribution is 6.32. The van der Waals surface area contributed by atoms with Crippen LogP contribution in [0.5, 0.6) is 0 Å². The Bertz CT molecular complexity index is 1080. The van der Waals surface area contributed by atoms with Crippen molar-refractivity contribution in [2.75, 3.05) is 5.32 Å². The molecule has 4 atom stereocenters. The first kappa shape index (κ1) is 25.2. The molecule has 180 valence electrons. The molecule has 1 fully saturated rings. The van der Waals surface area contributed by atoms with Gasteiger partial charge >= 0.3 is 0 Å². The molecule has 1 amide bonds. The van der Waals surface area contributed by atoms with E-state index in [-0.39, 0.29) is 34.8 Å². The van der Waals surface area contributed by atoms with Crippen LogP contribution in [0.2, 0.25) is 5.02 Å². The molecule has 0 saturated heterocycles. The lowest BCUT2D eigenvalue weighted by Gasteiger charge is -2.54. The van der Waals surface area contributed by atoms with Gasteiger partial charge in [-0.25, -0.2) is 4.68 Å². The van der Waals surface area contributed by atoms with Gasteiger partial charge in [0.05, 0.1) is 23.5 Å². The number of nitrogens with one attached hydrogen (secondary N) is 2. The molecule has 2 aromatic heterocycles. The number of aliphatic hydroxyl groups is 1. The molecule has 9 heteroatoms. The number of carbonyl (C=O) groups excluding carboxylic acids is 1. The average molecular weight is 476 g/mol. The lowest BCUT2D eigenvalue weighted by Crippen LogP contribution is -2.60. The highest BCUT2D eigenvalue weighted by atomic mass is 35.5. The Labute approximate surface area is 199 Å². The third-order valence-corrected chi connectivity index (χ3v) is 8.14. The maximum absolute atomic E-state index is 12.8. The Morgan fingerprint density at radius 2 is 2.00 bits per heavy atom. The predicted octanol–water partition coefficient (Wildman–Crippen LogP) is 3.15. The lowest BCUT2D eigenvalue weighted by molar-refractivity contribution is -0.122. The van der Waals surface area contributed by atoms with Crippen molar-refractivity contribution in [3.63, 3.8) is 0 Å². The summed E-state index contributed by atoms with van der Waals surface area (Å²) in [6, 6.07) is 1.54. The van der Waals surface area contributed by atoms with Gasteiger partial charge in [0.25, 0.3) is 5.56 Å². The average Bonchev–Trinajstić information content (AvgIpc) is 2.76. The molecule has 0 aromatic carbocycles. The third kappa shape index (κ3) is 5.06. The van der Waals surface area contributed by atoms with Gasteiger partial charge in [-0.2, -0.15) is 5.10 Å². The monoisotopic (exact) mass is 475 g/mol. The summed E-state index contributed by atoms with van der Waals surface area (Å²) in [5.74, 6) is 0.0221. The molecule has 2 aromatic rings. The SMILES string of the molecule is Cc1cnccc1CNC(=O)Cn1ncc(N[C@@H]2C[C@H](C)C(C)(C)[C@H](C)[C@]2(C)O)c(Cl)c1=O. The first-order valence-corrected chi connectivity index (χ1v) is 11.6. The van der Waals surface area contributed by atoms with E-state index in [9.17, 15) is 14.7 Å². The second kappa shape index (κ2) is 9.43. The molecule has 8 nitrogen and oxygen atoms in total. The zero-order chi connectivity index (χ0) is 24.6. The zero-order valence-electron chi connectivity index (χ0n) is 20.1. The number of halogens is 1. The van der Waals surface area contributed by atoms with Crippen LogP contribution in [0.3, 0.4) is 0 Å². The Hall–Kier alpha value is -2.45. The van der Waals surface area contributed by atoms with Crippen molar-refractivity contribution in [3.8, 4) is 0 Å². The van der Waals surface area contributed by atoms with Gasteiger partial charge in [0.2, 0.25) is 5.91 Å². The van der Waals surface area contributed by atoms with Gasteiger partial charge < -0.3 is 15.7 Å². The van der Waals surface area contributed by atoms with Gasteiger partial charge in [-0.05, 0) is 54.7 Å². The van der Waals surface area contributed by atoms with Gasteiger partial charge in [-0.1, -0.05) is 39.3 Å². The highest BCUT2D eigenvalue weighted by Gasteiger charge is 2.52. The van der Waals surface area contributed by atoms with Crippen LogP contribution in [0.25, 0.3) is 0 Å². The van der Waals surface area contributed by atoms with E-state index in [1.54, 1.807) is 12.4 Å². The molecular weight excluding hydrogens is 442 g/mol. The number of amides is 1. The molecule has 3 N–H and O–H groups in total. The van der Waals surface area contributed by atoms with E-state index in [4.69, 9.17) is 11.6 Å². The maximum atomic E-state index is 12.8. The summed E-state index contributed by atoms with van der Waals surface area (Å²) in [6.07, 6.45) is 5.55. The minimum atomic E-state index is -1.00. The van der Waals surface area contributed by atoms with Crippen LogP contribution in [-0.4, -0.2) is 37.4 Å². The second-order valence-corrected chi connectivity index (χ2v) is 10.4. The largest absolute Gasteiger partial charge is 0.388 e. The summed E-state index contributed by atoms with van der Waals surface area (Å²) in [5, 5.41) is 21.4. The van der Waals surface area contributed by atoms with E-state index in [0.717, 1.165) is 22.2 Å². The van der Waals surface area contributed by atoms with Crippen molar-refractivity contribution >= 4 is 23.2 Å². The molecule has 0 radical (unpaired) electrons. The molecule has 0 aliphatic heterocycles. The standard InChI is InChI=1S/C24H34ClN5O3/c1-14-10-26-8-7-17(14)11-27-20(31)13-30-22(32)21(25)18(12-28-30)29-19-9-15(2)23(4,5)16(3)24(19,6)33/h7-8,10,12,15-16,19,29,33H,9,11,13H2,1-6H3,(H,27,31)/t15-,16-,19+,24-/m0/s1. The summed E-state index contributed by atoms with van der Waals surface area (Å²) >= 11 is 6.36. The number of pyridine rings is 1. The van der Waals surface area contributed by atoms with Crippen LogP contribution in [-0.2, 0) is 17.9 Å². The van der Waals surface area contributed by atoms with E-state index < -0.39 is 11.2 Å². The van der Waals surface area contributed by atoms with E-state index in [0.29, 0.717) is 18.2 Å². The second-order valence-electron chi connectivity index (χ2n) is 10.0. The third-order valence-electron chi connectivity index (χ3n) is 7.78. The van der Waals surface area contributed by atoms with Crippen LogP contribution in [0.15, 0.2) is 29.5 Å². The molecule has 33 heavy (non-hydrogen) atoms. The van der Waals surface area contributed by atoms with E-state index in [1.165, 1.54) is 6.20 Å². The molecule has 0 unspecified atom stereocenters. The maximum Gasteiger partial charge on any atom is 0.288 e. The quantitative estimate of drug-likeness (QED) is 0.592. The minimum Gasteiger partial charge on any atom is -0.388 e. The Balaban J connectivity index is 1.71. The van der Waals surface area contributed by atoms with Gasteiger partial charge in [-0.15, -0.1) is 0 Å². The number of carbonyl (C=O) groups is 1. The number of aromatic nitrogens is 3. The van der Waals surface area contributed by atoms with Gasteiger partial charge in [0.1, 0.15) is 11.6 Å². The fourth-order valence-corrected chi connectivity index (χ4v) is 4.74. The topological polar surface area (TPSA) is 109 Å². The lowest BCUT2D eigenvalue weighted by atomic mass is 9.56. The molecule has 2 heterocycles. The number of aryl methyl sites for hydroxylation is 1. The zero-order valence-corrected chi connectivity index (χ0v) is 20.9. The van der Waals surface area contributed by atoms with E-state index in [2.05, 4.69) is 41.5 Å². The molecule has 1 aliphatic rings. The van der Waals surface area contributed by atoms with Gasteiger partial charge in [-0.3, -0.25) is 14.6 Å². The molecule has 0 bridgehead atoms. The summed E-state index contributed by atoms with van der Waals surface area (Å²) in [4.78, 5) is 29.2. The van der Waals surface area contributed by atoms with Crippen LogP contribution >= 0.6 is 11.6 Å². The Morgan fingerprint density at radius 1 is 1.30 bits per heavy atom. The smallest absolute Gasteiger partial charge is 0.288 e. The fourth-order valence-electron chi connectivity index (χ4n) is 4.53. The van der Waals surface area contributed by atoms with E-state index >= 15 is 0 Å². The molecule has 1 saturated carbocycles. The summed E-state index contributed by atoms with van der Waals surface area (Å²) in [6.45, 7) is 12.4. The van der Waals surface area contributed by atoms with Gasteiger partial charge in [0, 0.05) is 18.9 Å². The van der Waals surface area contributed by atoms with E-state index in [1.807, 2.05) is 26.8 Å². The Morgan fingerprint density at radius 3 is 2.67 bits per heavy atom. The van der Waals surface area contributed by atoms with Crippen molar-refractivity contribution in [1.29, 1.82) is 0 Å². The van der Waals surface area contributed by atoms with Crippen molar-refractivity contribution in [2.45, 2.75) is 72.7 Å². The number of nitrogens with zero attached hydrogens (tertiary/aromatic N) is 3. The number of hydrogen-bond acceptors (Lipinski definition) is 6. The van der Waals surface area contributed by atoms with Crippen LogP contribution < -0.4 is 16.2 Å². The highest BCUT2D eigenvalue weighted by Crippen LogP contribution is 2.50. The van der Waals surface area contributed by atoms with Crippen LogP contribution in [0.4, 0.5) is 5.69 Å². The van der Waals surface area contributed by atoms with Crippen molar-refractivity contribution in [2.24, 2.45) is 17.3 Å². The Kier molecular flexibility index (Phi) is 7.19. The van der Waals surface area contributed by atoms with Gasteiger partial charge in [0.15, 0.2) is 0 Å². The molecule has 3 rings (SSSR count). The van der Waals surface area contributed by atoms with Crippen molar-refractivity contribution in [1.82, 2.24) is 20.1 Å². The van der Waals surface area contributed by atoms with Crippen molar-refractivity contribution in [3.05, 3.63) is 51.2 Å². The van der Waals surface area contributed by atoms with Crippen LogP contribution in [0, 0.1) is 24.2 Å². The normalized spacial score (nSPS) is 26.6. The summed E-state index contributed by atoms with van der Waals surface area (Å²) < 4.78 is 1.04. The fraction of sp³-hybridized carbons (Fsp3) is 0.583. The predicted molar refractivity (Wildman–Crippen MR) is 129 cm³/mol.